The Morgan fingerprint density at radius 2 is 1.77 bits per heavy atom. The number of hydrogen-bond acceptors (Lipinski definition) is 4. The molecule has 0 fully saturated rings. The number of aliphatic hydroxyl groups excluding tert-OH is 2. The fourth-order valence-corrected chi connectivity index (χ4v) is 2.86. The Hall–Kier alpha value is 0.428. The standard InChI is InChI=1S/C22H33O4.C2H6.2Y/c1-4-5-6-10-17(2)19-12-8-7-11-18(19)15-16-21(24)20(23)13-9-14-22(25)26-3;1-2;;/h7-8,11-12,15-16,20-21,23-24H,4-6,9-10,13-14H2,1-3H3;1-2H3;;/q-1;;;/b16-15+;;;. The van der Waals surface area contributed by atoms with Crippen molar-refractivity contribution in [2.24, 2.45) is 0 Å². The Bertz CT molecular complexity index is 564. The Kier molecular flexibility index (Phi) is 26.4. The summed E-state index contributed by atoms with van der Waals surface area (Å²) in [6, 6.07) is 8.11. The maximum absolute atomic E-state index is 11.1. The minimum absolute atomic E-state index is 0. The second kappa shape index (κ2) is 22.6. The number of benzene rings is 1. The van der Waals surface area contributed by atoms with Crippen LogP contribution in [0, 0.1) is 5.92 Å². The average molecular weight is 569 g/mol. The molecule has 2 radical (unpaired) electrons. The van der Waals surface area contributed by atoms with Crippen molar-refractivity contribution >= 4 is 12.0 Å². The molecule has 2 atom stereocenters. The number of rotatable bonds is 12. The summed E-state index contributed by atoms with van der Waals surface area (Å²) in [4.78, 5) is 11.1. The molecule has 0 aliphatic rings. The molecule has 2 N–H and O–H groups in total. The Morgan fingerprint density at radius 3 is 2.37 bits per heavy atom. The summed E-state index contributed by atoms with van der Waals surface area (Å²) in [5.41, 5.74) is 2.23. The van der Waals surface area contributed by atoms with Gasteiger partial charge in [-0.2, -0.15) is 17.5 Å². The van der Waals surface area contributed by atoms with Crippen molar-refractivity contribution in [3.05, 3.63) is 47.4 Å². The van der Waals surface area contributed by atoms with Gasteiger partial charge < -0.3 is 14.9 Å². The predicted octanol–water partition coefficient (Wildman–Crippen LogP) is 5.31. The zero-order valence-electron chi connectivity index (χ0n) is 19.4. The molecule has 0 aliphatic carbocycles. The molecule has 2 unspecified atom stereocenters. The normalized spacial score (nSPS) is 12.0. The van der Waals surface area contributed by atoms with Gasteiger partial charge in [-0.1, -0.05) is 65.5 Å². The van der Waals surface area contributed by atoms with Gasteiger partial charge in [0, 0.05) is 71.8 Å². The van der Waals surface area contributed by atoms with Crippen molar-refractivity contribution in [3.63, 3.8) is 0 Å². The second-order valence-electron chi connectivity index (χ2n) is 6.71. The van der Waals surface area contributed by atoms with Crippen molar-refractivity contribution in [1.82, 2.24) is 0 Å². The van der Waals surface area contributed by atoms with E-state index in [1.807, 2.05) is 38.1 Å². The van der Waals surface area contributed by atoms with Gasteiger partial charge in [0.15, 0.2) is 0 Å². The van der Waals surface area contributed by atoms with Crippen LogP contribution in [0.5, 0.6) is 0 Å². The molecule has 0 aromatic heterocycles. The van der Waals surface area contributed by atoms with Crippen molar-refractivity contribution < 1.29 is 85.2 Å². The van der Waals surface area contributed by atoms with Gasteiger partial charge in [-0.15, -0.1) is 23.8 Å². The first-order chi connectivity index (χ1) is 13.5. The van der Waals surface area contributed by atoms with Crippen LogP contribution in [0.1, 0.15) is 83.8 Å². The maximum atomic E-state index is 11.1. The smallest absolute Gasteiger partial charge is 0.305 e. The topological polar surface area (TPSA) is 66.8 Å². The number of unbranched alkanes of at least 4 members (excludes halogenated alkanes) is 2. The first-order valence-electron chi connectivity index (χ1n) is 10.5. The van der Waals surface area contributed by atoms with Crippen LogP contribution in [0.3, 0.4) is 0 Å². The van der Waals surface area contributed by atoms with E-state index < -0.39 is 12.2 Å². The molecule has 0 heterocycles. The molecule has 1 aromatic carbocycles. The van der Waals surface area contributed by atoms with E-state index in [1.54, 1.807) is 6.08 Å². The fraction of sp³-hybridized carbons (Fsp3) is 0.583. The molecular weight excluding hydrogens is 530 g/mol. The zero-order valence-corrected chi connectivity index (χ0v) is 25.1. The van der Waals surface area contributed by atoms with Gasteiger partial charge in [-0.05, 0) is 12.8 Å². The van der Waals surface area contributed by atoms with E-state index in [9.17, 15) is 15.0 Å². The van der Waals surface area contributed by atoms with E-state index in [-0.39, 0.29) is 77.8 Å². The van der Waals surface area contributed by atoms with Gasteiger partial charge in [0.2, 0.25) is 0 Å². The predicted molar refractivity (Wildman–Crippen MR) is 117 cm³/mol. The average Bonchev–Trinajstić information content (AvgIpc) is 2.73. The molecule has 1 aromatic rings. The van der Waals surface area contributed by atoms with Crippen molar-refractivity contribution in [2.45, 2.75) is 84.8 Å². The minimum Gasteiger partial charge on any atom is -0.469 e. The first-order valence-corrected chi connectivity index (χ1v) is 10.5. The van der Waals surface area contributed by atoms with E-state index >= 15 is 0 Å². The monoisotopic (exact) mass is 569 g/mol. The molecule has 30 heavy (non-hydrogen) atoms. The second-order valence-corrected chi connectivity index (χ2v) is 6.71. The molecule has 1 rings (SSSR count). The van der Waals surface area contributed by atoms with Gasteiger partial charge >= 0.3 is 5.97 Å². The number of ether oxygens (including phenoxy) is 1. The van der Waals surface area contributed by atoms with Crippen LogP contribution >= 0.6 is 0 Å². The number of aliphatic hydroxyl groups is 2. The number of carbonyl (C=O) groups excluding carboxylic acids is 1. The molecule has 166 valence electrons. The Labute approximate surface area is 234 Å². The summed E-state index contributed by atoms with van der Waals surface area (Å²) in [6.07, 6.45) is 7.41. The van der Waals surface area contributed by atoms with Crippen LogP contribution in [-0.2, 0) is 74.9 Å². The number of carbonyl (C=O) groups is 1. The van der Waals surface area contributed by atoms with Crippen molar-refractivity contribution in [3.8, 4) is 0 Å². The van der Waals surface area contributed by atoms with Crippen LogP contribution in [0.4, 0.5) is 0 Å². The van der Waals surface area contributed by atoms with Gasteiger partial charge in [0.1, 0.15) is 0 Å². The quantitative estimate of drug-likeness (QED) is 0.204. The fourth-order valence-electron chi connectivity index (χ4n) is 2.86. The molecule has 0 saturated heterocycles. The largest absolute Gasteiger partial charge is 0.469 e. The summed E-state index contributed by atoms with van der Waals surface area (Å²) in [7, 11) is 1.34. The third-order valence-corrected chi connectivity index (χ3v) is 4.55. The SMILES string of the molecule is CC.CCCCC[C-](C)c1ccccc1/C=C/C(O)C(O)CCCC(=O)OC.[Y].[Y]. The van der Waals surface area contributed by atoms with Crippen molar-refractivity contribution in [1.29, 1.82) is 0 Å². The Morgan fingerprint density at radius 1 is 1.13 bits per heavy atom. The molecular formula is C24H39O4Y2-. The molecule has 0 bridgehead atoms. The Balaban J connectivity index is -0.00000176. The molecule has 0 spiro atoms. The number of methoxy groups -OCH3 is 1. The van der Waals surface area contributed by atoms with Crippen LogP contribution < -0.4 is 0 Å². The van der Waals surface area contributed by atoms with E-state index in [1.165, 1.54) is 37.9 Å². The zero-order chi connectivity index (χ0) is 21.4. The van der Waals surface area contributed by atoms with Crippen LogP contribution in [0.25, 0.3) is 6.08 Å². The molecule has 0 saturated carbocycles. The van der Waals surface area contributed by atoms with Gasteiger partial charge in [-0.3, -0.25) is 4.79 Å². The van der Waals surface area contributed by atoms with Crippen LogP contribution in [-0.4, -0.2) is 35.5 Å². The summed E-state index contributed by atoms with van der Waals surface area (Å²) >= 11 is 0. The van der Waals surface area contributed by atoms with E-state index in [0.29, 0.717) is 12.8 Å². The molecule has 6 heteroatoms. The summed E-state index contributed by atoms with van der Waals surface area (Å²) in [5.74, 6) is 1.04. The van der Waals surface area contributed by atoms with E-state index in [4.69, 9.17) is 0 Å². The summed E-state index contributed by atoms with van der Waals surface area (Å²) in [6.45, 7) is 8.35. The number of esters is 1. The first kappa shape index (κ1) is 35.0. The van der Waals surface area contributed by atoms with Crippen LogP contribution in [0.15, 0.2) is 30.3 Å². The van der Waals surface area contributed by atoms with Gasteiger partial charge in [0.25, 0.3) is 0 Å². The minimum atomic E-state index is -0.957. The third-order valence-electron chi connectivity index (χ3n) is 4.55. The third kappa shape index (κ3) is 15.3. The van der Waals surface area contributed by atoms with Gasteiger partial charge in [0.05, 0.1) is 19.3 Å². The van der Waals surface area contributed by atoms with Gasteiger partial charge in [-0.25, -0.2) is 0 Å². The van der Waals surface area contributed by atoms with Crippen molar-refractivity contribution in [2.75, 3.05) is 7.11 Å². The summed E-state index contributed by atoms with van der Waals surface area (Å²) in [5, 5.41) is 20.2. The van der Waals surface area contributed by atoms with Crippen LogP contribution in [0.2, 0.25) is 0 Å². The summed E-state index contributed by atoms with van der Waals surface area (Å²) < 4.78 is 4.57. The molecule has 0 aliphatic heterocycles. The van der Waals surface area contributed by atoms with E-state index in [2.05, 4.69) is 24.7 Å². The maximum Gasteiger partial charge on any atom is 0.305 e. The van der Waals surface area contributed by atoms with E-state index in [0.717, 1.165) is 12.0 Å². The number of hydrogen-bond donors (Lipinski definition) is 2. The molecule has 4 nitrogen and oxygen atoms in total. The molecule has 0 amide bonds.